The molecule has 1 unspecified atom stereocenters. The molecule has 4 rings (SSSR count). The SMILES string of the molecule is CC/C=C(\C)C(CC)c1cn(Sc2ccc3c(c2)N(CC)CC3)c2ccc(C(F)(F)F)cc12. The van der Waals surface area contributed by atoms with Crippen molar-refractivity contribution in [3.63, 3.8) is 0 Å². The van der Waals surface area contributed by atoms with E-state index in [1.807, 2.05) is 10.2 Å². The van der Waals surface area contributed by atoms with E-state index in [1.54, 1.807) is 18.0 Å². The zero-order valence-corrected chi connectivity index (χ0v) is 20.5. The molecule has 0 spiro atoms. The van der Waals surface area contributed by atoms with E-state index in [0.717, 1.165) is 48.3 Å². The lowest BCUT2D eigenvalue weighted by Gasteiger charge is -2.17. The standard InChI is InChI=1S/C27H31F3N2S/c1-5-8-18(4)22(6-2)24-17-32(25-12-10-20(15-23(24)25)27(28,29)30)33-21-11-9-19-13-14-31(7-3)26(19)16-21/h8-12,15-17,22H,5-7,13-14H2,1-4H3/b18-8+. The zero-order chi connectivity index (χ0) is 23.8. The molecule has 176 valence electrons. The van der Waals surface area contributed by atoms with Gasteiger partial charge in [0.15, 0.2) is 0 Å². The number of allylic oxidation sites excluding steroid dienone is 2. The maximum Gasteiger partial charge on any atom is 0.416 e. The molecule has 0 radical (unpaired) electrons. The molecule has 2 heterocycles. The molecule has 1 aliphatic heterocycles. The lowest BCUT2D eigenvalue weighted by Crippen LogP contribution is -2.19. The van der Waals surface area contributed by atoms with Gasteiger partial charge in [0.1, 0.15) is 0 Å². The fourth-order valence-corrected chi connectivity index (χ4v) is 5.87. The molecular formula is C27H31F3N2S. The monoisotopic (exact) mass is 472 g/mol. The molecule has 0 aliphatic carbocycles. The number of rotatable bonds is 7. The average molecular weight is 473 g/mol. The molecule has 1 atom stereocenters. The lowest BCUT2D eigenvalue weighted by molar-refractivity contribution is -0.137. The highest BCUT2D eigenvalue weighted by Crippen LogP contribution is 2.41. The van der Waals surface area contributed by atoms with Crippen LogP contribution in [0.25, 0.3) is 10.9 Å². The maximum atomic E-state index is 13.5. The topological polar surface area (TPSA) is 8.17 Å². The van der Waals surface area contributed by atoms with Crippen molar-refractivity contribution in [3.8, 4) is 0 Å². The van der Waals surface area contributed by atoms with Gasteiger partial charge in [-0.15, -0.1) is 0 Å². The number of hydrogen-bond acceptors (Lipinski definition) is 2. The second-order valence-electron chi connectivity index (χ2n) is 8.67. The predicted octanol–water partition coefficient (Wildman–Crippen LogP) is 8.45. The number of benzene rings is 2. The van der Waals surface area contributed by atoms with Crippen molar-refractivity contribution in [1.29, 1.82) is 0 Å². The third-order valence-corrected chi connectivity index (χ3v) is 7.59. The number of likely N-dealkylation sites (N-methyl/N-ethyl adjacent to an activating group) is 1. The van der Waals surface area contributed by atoms with Gasteiger partial charge in [-0.2, -0.15) is 13.2 Å². The minimum Gasteiger partial charge on any atom is -0.371 e. The highest BCUT2D eigenvalue weighted by molar-refractivity contribution is 7.98. The Labute approximate surface area is 198 Å². The Bertz CT molecular complexity index is 1180. The van der Waals surface area contributed by atoms with Crippen molar-refractivity contribution in [2.45, 2.75) is 63.9 Å². The van der Waals surface area contributed by atoms with E-state index in [-0.39, 0.29) is 5.92 Å². The lowest BCUT2D eigenvalue weighted by atomic mass is 9.88. The van der Waals surface area contributed by atoms with Crippen LogP contribution in [-0.4, -0.2) is 17.1 Å². The highest BCUT2D eigenvalue weighted by atomic mass is 32.2. The second-order valence-corrected chi connectivity index (χ2v) is 9.72. The van der Waals surface area contributed by atoms with Gasteiger partial charge in [-0.25, -0.2) is 0 Å². The van der Waals surface area contributed by atoms with Gasteiger partial charge in [0, 0.05) is 41.2 Å². The quantitative estimate of drug-likeness (QED) is 0.319. The maximum absolute atomic E-state index is 13.5. The molecule has 0 N–H and O–H groups in total. The first-order valence-corrected chi connectivity index (χ1v) is 12.5. The Balaban J connectivity index is 1.81. The summed E-state index contributed by atoms with van der Waals surface area (Å²) in [7, 11) is 0. The molecule has 0 amide bonds. The third kappa shape index (κ3) is 4.68. The summed E-state index contributed by atoms with van der Waals surface area (Å²) in [6.45, 7) is 10.4. The Morgan fingerprint density at radius 3 is 2.58 bits per heavy atom. The number of nitrogens with zero attached hydrogens (tertiary/aromatic N) is 2. The summed E-state index contributed by atoms with van der Waals surface area (Å²) in [5.41, 5.74) is 5.02. The molecule has 2 nitrogen and oxygen atoms in total. The number of hydrogen-bond donors (Lipinski definition) is 0. The molecule has 0 saturated heterocycles. The van der Waals surface area contributed by atoms with E-state index < -0.39 is 11.7 Å². The Kier molecular flexibility index (Phi) is 6.85. The summed E-state index contributed by atoms with van der Waals surface area (Å²) in [6.07, 6.45) is 2.67. The molecule has 1 aliphatic rings. The van der Waals surface area contributed by atoms with Crippen molar-refractivity contribution < 1.29 is 13.2 Å². The van der Waals surface area contributed by atoms with Crippen LogP contribution in [-0.2, 0) is 12.6 Å². The van der Waals surface area contributed by atoms with E-state index in [0.29, 0.717) is 5.39 Å². The van der Waals surface area contributed by atoms with Crippen LogP contribution in [0.3, 0.4) is 0 Å². The van der Waals surface area contributed by atoms with Crippen LogP contribution in [0.15, 0.2) is 59.1 Å². The van der Waals surface area contributed by atoms with Gasteiger partial charge < -0.3 is 4.90 Å². The number of alkyl halides is 3. The summed E-state index contributed by atoms with van der Waals surface area (Å²) in [4.78, 5) is 3.46. The molecule has 3 aromatic rings. The van der Waals surface area contributed by atoms with Crippen molar-refractivity contribution in [1.82, 2.24) is 3.97 Å². The molecule has 1 aromatic heterocycles. The Morgan fingerprint density at radius 2 is 1.91 bits per heavy atom. The van der Waals surface area contributed by atoms with E-state index in [2.05, 4.69) is 56.9 Å². The van der Waals surface area contributed by atoms with Crippen LogP contribution >= 0.6 is 11.9 Å². The molecule has 6 heteroatoms. The summed E-state index contributed by atoms with van der Waals surface area (Å²) >= 11 is 1.57. The van der Waals surface area contributed by atoms with Gasteiger partial charge in [0.25, 0.3) is 0 Å². The summed E-state index contributed by atoms with van der Waals surface area (Å²) in [5, 5.41) is 0.685. The van der Waals surface area contributed by atoms with Gasteiger partial charge in [0.2, 0.25) is 0 Å². The molecular weight excluding hydrogens is 441 g/mol. The zero-order valence-electron chi connectivity index (χ0n) is 19.7. The summed E-state index contributed by atoms with van der Waals surface area (Å²) < 4.78 is 42.6. The average Bonchev–Trinajstić information content (AvgIpc) is 3.35. The number of aromatic nitrogens is 1. The minimum atomic E-state index is -4.36. The highest BCUT2D eigenvalue weighted by Gasteiger charge is 2.31. The van der Waals surface area contributed by atoms with Gasteiger partial charge in [-0.05, 0) is 86.5 Å². The Hall–Kier alpha value is -2.34. The molecule has 2 aromatic carbocycles. The number of anilines is 1. The normalized spacial score (nSPS) is 15.4. The fourth-order valence-electron chi connectivity index (χ4n) is 4.93. The predicted molar refractivity (Wildman–Crippen MR) is 133 cm³/mol. The second kappa shape index (κ2) is 9.49. The summed E-state index contributed by atoms with van der Waals surface area (Å²) in [6, 6.07) is 10.7. The van der Waals surface area contributed by atoms with Crippen LogP contribution in [0.1, 0.15) is 63.1 Å². The van der Waals surface area contributed by atoms with Crippen molar-refractivity contribution in [2.75, 3.05) is 18.0 Å². The Morgan fingerprint density at radius 1 is 1.12 bits per heavy atom. The molecule has 33 heavy (non-hydrogen) atoms. The third-order valence-electron chi connectivity index (χ3n) is 6.62. The smallest absolute Gasteiger partial charge is 0.371 e. The van der Waals surface area contributed by atoms with Gasteiger partial charge in [0.05, 0.1) is 11.1 Å². The van der Waals surface area contributed by atoms with Gasteiger partial charge >= 0.3 is 6.18 Å². The van der Waals surface area contributed by atoms with Gasteiger partial charge in [-0.1, -0.05) is 31.6 Å². The van der Waals surface area contributed by atoms with Gasteiger partial charge in [-0.3, -0.25) is 3.97 Å². The van der Waals surface area contributed by atoms with E-state index in [9.17, 15) is 13.2 Å². The van der Waals surface area contributed by atoms with Crippen LogP contribution < -0.4 is 4.90 Å². The minimum absolute atomic E-state index is 0.0911. The van der Waals surface area contributed by atoms with Crippen LogP contribution in [0.4, 0.5) is 18.9 Å². The van der Waals surface area contributed by atoms with Crippen LogP contribution in [0.2, 0.25) is 0 Å². The van der Waals surface area contributed by atoms with Crippen molar-refractivity contribution in [3.05, 3.63) is 70.9 Å². The van der Waals surface area contributed by atoms with E-state index in [4.69, 9.17) is 0 Å². The first-order chi connectivity index (χ1) is 15.8. The first-order valence-electron chi connectivity index (χ1n) is 11.7. The van der Waals surface area contributed by atoms with Crippen LogP contribution in [0.5, 0.6) is 0 Å². The first kappa shape index (κ1) is 23.8. The fraction of sp³-hybridized carbons (Fsp3) is 0.407. The molecule has 0 saturated carbocycles. The number of fused-ring (bicyclic) bond motifs is 2. The van der Waals surface area contributed by atoms with Crippen LogP contribution in [0, 0.1) is 0 Å². The number of halogens is 3. The summed E-state index contributed by atoms with van der Waals surface area (Å²) in [5.74, 6) is 0.0911. The largest absolute Gasteiger partial charge is 0.416 e. The van der Waals surface area contributed by atoms with Crippen molar-refractivity contribution in [2.24, 2.45) is 0 Å². The van der Waals surface area contributed by atoms with E-state index in [1.165, 1.54) is 29.0 Å². The molecule has 0 fully saturated rings. The van der Waals surface area contributed by atoms with Crippen molar-refractivity contribution >= 4 is 28.5 Å². The van der Waals surface area contributed by atoms with E-state index >= 15 is 0 Å². The molecule has 0 bridgehead atoms.